The number of halogens is 3. The van der Waals surface area contributed by atoms with Gasteiger partial charge in [-0.05, 0) is 67.7 Å². The minimum Gasteiger partial charge on any atom is -0.379 e. The van der Waals surface area contributed by atoms with E-state index in [9.17, 15) is 18.0 Å². The Morgan fingerprint density at radius 2 is 1.94 bits per heavy atom. The number of ether oxygens (including phenoxy) is 2. The minimum absolute atomic E-state index is 0.0437. The smallest absolute Gasteiger partial charge is 0.379 e. The van der Waals surface area contributed by atoms with Crippen LogP contribution in [0, 0.1) is 11.3 Å². The zero-order valence-electron chi connectivity index (χ0n) is 20.4. The fourth-order valence-electron chi connectivity index (χ4n) is 6.00. The number of carbonyl (C=O) groups is 1. The van der Waals surface area contributed by atoms with Gasteiger partial charge in [0.05, 0.1) is 23.7 Å². The molecule has 1 saturated carbocycles. The van der Waals surface area contributed by atoms with Crippen molar-refractivity contribution in [3.63, 3.8) is 0 Å². The van der Waals surface area contributed by atoms with Crippen LogP contribution in [-0.4, -0.2) is 55.9 Å². The molecule has 1 aliphatic carbocycles. The zero-order chi connectivity index (χ0) is 24.5. The highest BCUT2D eigenvalue weighted by Gasteiger charge is 2.47. The maximum Gasteiger partial charge on any atom is 0.416 e. The third-order valence-electron chi connectivity index (χ3n) is 8.30. The number of rotatable bonds is 5. The van der Waals surface area contributed by atoms with Crippen LogP contribution >= 0.6 is 0 Å². The molecule has 2 unspecified atom stereocenters. The van der Waals surface area contributed by atoms with Gasteiger partial charge < -0.3 is 19.7 Å². The minimum atomic E-state index is -4.38. The standard InChI is InChI=1S/C26H37F3N2O3/c1-17(2)25(10-6-21(7-11-25)30-22-9-13-34-16-23(22)33-3)24(32)31-12-8-18-4-5-20(26(27,28)29)14-19(18)15-31/h4-5,14,17,21-23,30H,6-13,15-16H2,1-3H3. The topological polar surface area (TPSA) is 50.8 Å². The highest BCUT2D eigenvalue weighted by molar-refractivity contribution is 5.83. The van der Waals surface area contributed by atoms with E-state index in [2.05, 4.69) is 19.2 Å². The third-order valence-corrected chi connectivity index (χ3v) is 8.30. The number of nitrogens with one attached hydrogen (secondary N) is 1. The van der Waals surface area contributed by atoms with E-state index in [1.165, 1.54) is 6.07 Å². The molecule has 34 heavy (non-hydrogen) atoms. The molecular weight excluding hydrogens is 445 g/mol. The Kier molecular flexibility index (Phi) is 7.60. The average Bonchev–Trinajstić information content (AvgIpc) is 2.83. The van der Waals surface area contributed by atoms with Gasteiger partial charge in [-0.15, -0.1) is 0 Å². The maximum absolute atomic E-state index is 13.9. The van der Waals surface area contributed by atoms with E-state index in [0.29, 0.717) is 31.2 Å². The number of benzene rings is 1. The lowest BCUT2D eigenvalue weighted by Gasteiger charge is -2.46. The number of carbonyl (C=O) groups excluding carboxylic acids is 1. The first-order chi connectivity index (χ1) is 16.1. The number of hydrogen-bond acceptors (Lipinski definition) is 4. The van der Waals surface area contributed by atoms with E-state index in [1.54, 1.807) is 18.1 Å². The Morgan fingerprint density at radius 1 is 1.21 bits per heavy atom. The second kappa shape index (κ2) is 10.2. The molecule has 1 aromatic rings. The Balaban J connectivity index is 1.43. The molecule has 0 radical (unpaired) electrons. The highest BCUT2D eigenvalue weighted by Crippen LogP contribution is 2.45. The van der Waals surface area contributed by atoms with Gasteiger partial charge in [-0.2, -0.15) is 13.2 Å². The quantitative estimate of drug-likeness (QED) is 0.668. The van der Waals surface area contributed by atoms with Crippen molar-refractivity contribution in [2.75, 3.05) is 26.9 Å². The second-order valence-corrected chi connectivity index (χ2v) is 10.5. The monoisotopic (exact) mass is 482 g/mol. The van der Waals surface area contributed by atoms with E-state index in [-0.39, 0.29) is 30.5 Å². The van der Waals surface area contributed by atoms with Crippen LogP contribution in [0.15, 0.2) is 18.2 Å². The molecule has 0 spiro atoms. The van der Waals surface area contributed by atoms with Crippen molar-refractivity contribution in [3.8, 4) is 0 Å². The van der Waals surface area contributed by atoms with E-state index in [0.717, 1.165) is 50.3 Å². The molecule has 3 aliphatic rings. The van der Waals surface area contributed by atoms with E-state index in [1.807, 2.05) is 0 Å². The molecule has 4 rings (SSSR count). The number of alkyl halides is 3. The van der Waals surface area contributed by atoms with Gasteiger partial charge in [0.25, 0.3) is 0 Å². The van der Waals surface area contributed by atoms with Crippen molar-refractivity contribution < 1.29 is 27.4 Å². The first kappa shape index (κ1) is 25.5. The van der Waals surface area contributed by atoms with Crippen molar-refractivity contribution in [2.45, 2.75) is 83.3 Å². The van der Waals surface area contributed by atoms with Crippen molar-refractivity contribution in [1.82, 2.24) is 10.2 Å². The van der Waals surface area contributed by atoms with Crippen molar-refractivity contribution in [2.24, 2.45) is 11.3 Å². The van der Waals surface area contributed by atoms with Crippen LogP contribution in [0.1, 0.15) is 62.6 Å². The van der Waals surface area contributed by atoms with Crippen LogP contribution in [0.25, 0.3) is 0 Å². The van der Waals surface area contributed by atoms with Crippen LogP contribution in [0.3, 0.4) is 0 Å². The lowest BCUT2D eigenvalue weighted by Crippen LogP contribution is -2.55. The summed E-state index contributed by atoms with van der Waals surface area (Å²) in [5.74, 6) is 0.267. The summed E-state index contributed by atoms with van der Waals surface area (Å²) in [5, 5.41) is 3.75. The molecule has 2 heterocycles. The number of amides is 1. The van der Waals surface area contributed by atoms with Gasteiger partial charge in [0.1, 0.15) is 0 Å². The number of fused-ring (bicyclic) bond motifs is 1. The molecule has 2 aliphatic heterocycles. The van der Waals surface area contributed by atoms with Crippen molar-refractivity contribution >= 4 is 5.91 Å². The number of hydrogen-bond donors (Lipinski definition) is 1. The van der Waals surface area contributed by atoms with Gasteiger partial charge in [0.15, 0.2) is 0 Å². The molecule has 2 fully saturated rings. The largest absolute Gasteiger partial charge is 0.416 e. The summed E-state index contributed by atoms with van der Waals surface area (Å²) in [7, 11) is 1.71. The summed E-state index contributed by atoms with van der Waals surface area (Å²) >= 11 is 0. The summed E-state index contributed by atoms with van der Waals surface area (Å²) in [4.78, 5) is 15.7. The second-order valence-electron chi connectivity index (χ2n) is 10.5. The summed E-state index contributed by atoms with van der Waals surface area (Å²) in [6.07, 6.45) is 0.554. The lowest BCUT2D eigenvalue weighted by atomic mass is 9.64. The van der Waals surface area contributed by atoms with Gasteiger partial charge in [0.2, 0.25) is 5.91 Å². The summed E-state index contributed by atoms with van der Waals surface area (Å²) in [6.45, 7) is 6.35. The molecule has 8 heteroatoms. The Hall–Kier alpha value is -1.64. The van der Waals surface area contributed by atoms with Gasteiger partial charge in [-0.3, -0.25) is 4.79 Å². The predicted octanol–water partition coefficient (Wildman–Crippen LogP) is 4.57. The van der Waals surface area contributed by atoms with Crippen LogP contribution < -0.4 is 5.32 Å². The average molecular weight is 483 g/mol. The van der Waals surface area contributed by atoms with Crippen LogP contribution in [-0.2, 0) is 33.4 Å². The van der Waals surface area contributed by atoms with Gasteiger partial charge in [-0.1, -0.05) is 19.9 Å². The lowest BCUT2D eigenvalue weighted by molar-refractivity contribution is -0.149. The van der Waals surface area contributed by atoms with Crippen molar-refractivity contribution in [3.05, 3.63) is 34.9 Å². The first-order valence-electron chi connectivity index (χ1n) is 12.5. The zero-order valence-corrected chi connectivity index (χ0v) is 20.4. The molecule has 0 bridgehead atoms. The Bertz CT molecular complexity index is 865. The molecular formula is C26H37F3N2O3. The van der Waals surface area contributed by atoms with Gasteiger partial charge in [0, 0.05) is 38.9 Å². The first-order valence-corrected chi connectivity index (χ1v) is 12.5. The molecule has 0 aromatic heterocycles. The molecule has 190 valence electrons. The molecule has 1 N–H and O–H groups in total. The Labute approximate surface area is 200 Å². The molecule has 1 aromatic carbocycles. The summed E-state index contributed by atoms with van der Waals surface area (Å²) in [5.41, 5.74) is 0.419. The van der Waals surface area contributed by atoms with E-state index in [4.69, 9.17) is 9.47 Å². The normalized spacial score (nSPS) is 30.3. The molecule has 1 saturated heterocycles. The van der Waals surface area contributed by atoms with E-state index < -0.39 is 17.2 Å². The van der Waals surface area contributed by atoms with Crippen LogP contribution in [0.2, 0.25) is 0 Å². The molecule has 1 amide bonds. The maximum atomic E-state index is 13.9. The molecule has 5 nitrogen and oxygen atoms in total. The van der Waals surface area contributed by atoms with Gasteiger partial charge >= 0.3 is 6.18 Å². The fraction of sp³-hybridized carbons (Fsp3) is 0.731. The van der Waals surface area contributed by atoms with Crippen LogP contribution in [0.4, 0.5) is 13.2 Å². The Morgan fingerprint density at radius 3 is 2.59 bits per heavy atom. The molecule has 2 atom stereocenters. The van der Waals surface area contributed by atoms with Gasteiger partial charge in [-0.25, -0.2) is 0 Å². The highest BCUT2D eigenvalue weighted by atomic mass is 19.4. The van der Waals surface area contributed by atoms with Crippen molar-refractivity contribution in [1.29, 1.82) is 0 Å². The van der Waals surface area contributed by atoms with E-state index >= 15 is 0 Å². The van der Waals surface area contributed by atoms with Crippen LogP contribution in [0.5, 0.6) is 0 Å². The summed E-state index contributed by atoms with van der Waals surface area (Å²) < 4.78 is 50.8. The number of nitrogens with zero attached hydrogens (tertiary/aromatic N) is 1. The predicted molar refractivity (Wildman–Crippen MR) is 123 cm³/mol. The third kappa shape index (κ3) is 5.14. The summed E-state index contributed by atoms with van der Waals surface area (Å²) in [6, 6.07) is 4.52. The number of methoxy groups -OCH3 is 1. The SMILES string of the molecule is COC1COCCC1NC1CCC(C(=O)N2CCc3ccc(C(F)(F)F)cc3C2)(C(C)C)CC1. The fourth-order valence-corrected chi connectivity index (χ4v) is 6.00.